The van der Waals surface area contributed by atoms with Crippen molar-refractivity contribution in [2.45, 2.75) is 19.3 Å². The van der Waals surface area contributed by atoms with Crippen molar-refractivity contribution in [1.82, 2.24) is 10.2 Å². The van der Waals surface area contributed by atoms with E-state index in [9.17, 15) is 14.4 Å². The number of ether oxygens (including phenoxy) is 2. The quantitative estimate of drug-likeness (QED) is 0.561. The van der Waals surface area contributed by atoms with E-state index in [1.54, 1.807) is 62.6 Å². The van der Waals surface area contributed by atoms with E-state index in [0.717, 1.165) is 0 Å². The van der Waals surface area contributed by atoms with Gasteiger partial charge < -0.3 is 30.1 Å². The topological polar surface area (TPSA) is 117 Å². The summed E-state index contributed by atoms with van der Waals surface area (Å²) in [6.45, 7) is 1.83. The van der Waals surface area contributed by atoms with Crippen LogP contribution in [0.5, 0.6) is 11.5 Å². The minimum absolute atomic E-state index is 0.126. The molecule has 0 saturated carbocycles. The van der Waals surface area contributed by atoms with Crippen LogP contribution in [0.3, 0.4) is 0 Å². The highest BCUT2D eigenvalue weighted by molar-refractivity contribution is 5.88. The van der Waals surface area contributed by atoms with E-state index in [1.165, 1.54) is 11.8 Å². The largest absolute Gasteiger partial charge is 0.493 e. The monoisotopic (exact) mass is 429 g/mol. The number of para-hydroxylation sites is 1. The van der Waals surface area contributed by atoms with Gasteiger partial charge in [0.25, 0.3) is 0 Å². The highest BCUT2D eigenvalue weighted by Crippen LogP contribution is 2.29. The molecular formula is C22H27N3O6. The molecule has 0 aromatic heterocycles. The van der Waals surface area contributed by atoms with Crippen LogP contribution in [0, 0.1) is 0 Å². The minimum Gasteiger partial charge on any atom is -0.493 e. The molecule has 0 fully saturated rings. The van der Waals surface area contributed by atoms with Crippen molar-refractivity contribution >= 4 is 23.8 Å². The van der Waals surface area contributed by atoms with Gasteiger partial charge in [-0.15, -0.1) is 0 Å². The van der Waals surface area contributed by atoms with E-state index >= 15 is 0 Å². The Morgan fingerprint density at radius 1 is 1.10 bits per heavy atom. The van der Waals surface area contributed by atoms with Crippen LogP contribution in [0.4, 0.5) is 15.3 Å². The Balaban J connectivity index is 2.12. The highest BCUT2D eigenvalue weighted by Gasteiger charge is 2.20. The molecule has 31 heavy (non-hydrogen) atoms. The molecule has 3 amide bonds. The molecule has 0 saturated heterocycles. The summed E-state index contributed by atoms with van der Waals surface area (Å²) in [4.78, 5) is 35.6. The molecule has 2 aromatic rings. The molecule has 1 unspecified atom stereocenters. The molecule has 2 rings (SSSR count). The first kappa shape index (κ1) is 23.5. The maximum Gasteiger partial charge on any atom is 0.414 e. The Bertz CT molecular complexity index is 916. The Morgan fingerprint density at radius 2 is 1.84 bits per heavy atom. The zero-order valence-electron chi connectivity index (χ0n) is 17.8. The number of carbonyl (C=O) groups is 3. The van der Waals surface area contributed by atoms with Crippen LogP contribution in [0.25, 0.3) is 0 Å². The molecule has 2 aromatic carbocycles. The van der Waals surface area contributed by atoms with Crippen molar-refractivity contribution in [1.29, 1.82) is 0 Å². The zero-order chi connectivity index (χ0) is 22.8. The molecule has 0 radical (unpaired) electrons. The maximum atomic E-state index is 12.0. The molecule has 9 heteroatoms. The fraction of sp³-hybridized carbons (Fsp3) is 0.318. The lowest BCUT2D eigenvalue weighted by Crippen LogP contribution is -2.29. The molecule has 166 valence electrons. The SMILES string of the molecule is CC(=O)Nc1cccc(OCCC(CNC(=O)O)c2ccccc2OC(=O)N(C)C)c1. The van der Waals surface area contributed by atoms with Crippen molar-refractivity contribution in [3.05, 3.63) is 54.1 Å². The smallest absolute Gasteiger partial charge is 0.414 e. The van der Waals surface area contributed by atoms with Gasteiger partial charge in [-0.05, 0) is 30.2 Å². The van der Waals surface area contributed by atoms with Gasteiger partial charge in [-0.1, -0.05) is 24.3 Å². The molecule has 0 bridgehead atoms. The van der Waals surface area contributed by atoms with Crippen LogP contribution >= 0.6 is 0 Å². The lowest BCUT2D eigenvalue weighted by atomic mass is 9.95. The number of carbonyl (C=O) groups excluding carboxylic acids is 2. The van der Waals surface area contributed by atoms with Gasteiger partial charge in [0.15, 0.2) is 0 Å². The van der Waals surface area contributed by atoms with Crippen molar-refractivity contribution < 1.29 is 29.0 Å². The lowest BCUT2D eigenvalue weighted by Gasteiger charge is -2.21. The van der Waals surface area contributed by atoms with Gasteiger partial charge in [0.2, 0.25) is 5.91 Å². The summed E-state index contributed by atoms with van der Waals surface area (Å²) >= 11 is 0. The Morgan fingerprint density at radius 3 is 2.52 bits per heavy atom. The second kappa shape index (κ2) is 11.4. The first-order valence-corrected chi connectivity index (χ1v) is 9.71. The third-order valence-corrected chi connectivity index (χ3v) is 4.31. The summed E-state index contributed by atoms with van der Waals surface area (Å²) in [5, 5.41) is 14.1. The number of hydrogen-bond acceptors (Lipinski definition) is 5. The number of carboxylic acid groups (broad SMARTS) is 1. The highest BCUT2D eigenvalue weighted by atomic mass is 16.6. The van der Waals surface area contributed by atoms with E-state index in [0.29, 0.717) is 29.2 Å². The summed E-state index contributed by atoms with van der Waals surface area (Å²) in [5.41, 5.74) is 1.32. The maximum absolute atomic E-state index is 12.0. The molecule has 3 N–H and O–H groups in total. The molecule has 0 aliphatic rings. The number of nitrogens with one attached hydrogen (secondary N) is 2. The second-order valence-corrected chi connectivity index (χ2v) is 7.03. The van der Waals surface area contributed by atoms with Gasteiger partial charge in [0, 0.05) is 45.2 Å². The van der Waals surface area contributed by atoms with Crippen molar-refractivity contribution in [3.8, 4) is 11.5 Å². The number of nitrogens with zero attached hydrogens (tertiary/aromatic N) is 1. The molecule has 0 spiro atoms. The third kappa shape index (κ3) is 7.88. The fourth-order valence-corrected chi connectivity index (χ4v) is 2.86. The number of benzene rings is 2. The number of rotatable bonds is 9. The Labute approximate surface area is 181 Å². The van der Waals surface area contributed by atoms with Crippen LogP contribution in [-0.2, 0) is 4.79 Å². The Hall–Kier alpha value is -3.75. The van der Waals surface area contributed by atoms with E-state index in [2.05, 4.69) is 10.6 Å². The predicted octanol–water partition coefficient (Wildman–Crippen LogP) is 3.53. The average Bonchev–Trinajstić information content (AvgIpc) is 2.70. The van der Waals surface area contributed by atoms with Crippen molar-refractivity contribution in [2.75, 3.05) is 32.6 Å². The lowest BCUT2D eigenvalue weighted by molar-refractivity contribution is -0.114. The number of hydrogen-bond donors (Lipinski definition) is 3. The summed E-state index contributed by atoms with van der Waals surface area (Å²) in [7, 11) is 3.16. The molecule has 0 aliphatic carbocycles. The van der Waals surface area contributed by atoms with Gasteiger partial charge in [-0.25, -0.2) is 9.59 Å². The molecule has 9 nitrogen and oxygen atoms in total. The molecule has 0 aliphatic heterocycles. The van der Waals surface area contributed by atoms with Crippen LogP contribution < -0.4 is 20.1 Å². The van der Waals surface area contributed by atoms with Crippen LogP contribution in [0.2, 0.25) is 0 Å². The summed E-state index contributed by atoms with van der Waals surface area (Å²) in [5.74, 6) is 0.469. The van der Waals surface area contributed by atoms with E-state index in [1.807, 2.05) is 0 Å². The van der Waals surface area contributed by atoms with Gasteiger partial charge in [0.1, 0.15) is 11.5 Å². The number of anilines is 1. The zero-order valence-corrected chi connectivity index (χ0v) is 17.8. The van der Waals surface area contributed by atoms with Crippen LogP contribution in [0.15, 0.2) is 48.5 Å². The standard InChI is InChI=1S/C22H27N3O6/c1-15(26)24-17-7-6-8-18(13-17)30-12-11-16(14-23-21(27)28)19-9-4-5-10-20(19)31-22(29)25(2)3/h4-10,13,16,23H,11-12,14H2,1-3H3,(H,24,26)(H,27,28). The summed E-state index contributed by atoms with van der Waals surface area (Å²) in [6, 6.07) is 14.0. The third-order valence-electron chi connectivity index (χ3n) is 4.31. The predicted molar refractivity (Wildman–Crippen MR) is 116 cm³/mol. The van der Waals surface area contributed by atoms with Crippen LogP contribution in [-0.4, -0.2) is 55.3 Å². The molecule has 0 heterocycles. The first-order chi connectivity index (χ1) is 14.8. The van der Waals surface area contributed by atoms with Crippen LogP contribution in [0.1, 0.15) is 24.8 Å². The second-order valence-electron chi connectivity index (χ2n) is 7.03. The Kier molecular flexibility index (Phi) is 8.68. The first-order valence-electron chi connectivity index (χ1n) is 9.71. The molecular weight excluding hydrogens is 402 g/mol. The van der Waals surface area contributed by atoms with Crippen molar-refractivity contribution in [2.24, 2.45) is 0 Å². The van der Waals surface area contributed by atoms with Crippen molar-refractivity contribution in [3.63, 3.8) is 0 Å². The number of amides is 3. The van der Waals surface area contributed by atoms with E-state index < -0.39 is 12.2 Å². The van der Waals surface area contributed by atoms with E-state index in [4.69, 9.17) is 14.6 Å². The van der Waals surface area contributed by atoms with E-state index in [-0.39, 0.29) is 25.0 Å². The summed E-state index contributed by atoms with van der Waals surface area (Å²) < 4.78 is 11.2. The van der Waals surface area contributed by atoms with Gasteiger partial charge in [-0.3, -0.25) is 4.79 Å². The average molecular weight is 429 g/mol. The summed E-state index contributed by atoms with van der Waals surface area (Å²) in [6.07, 6.45) is -1.21. The molecule has 1 atom stereocenters. The minimum atomic E-state index is -1.14. The van der Waals surface area contributed by atoms with Gasteiger partial charge >= 0.3 is 12.2 Å². The van der Waals surface area contributed by atoms with Gasteiger partial charge in [-0.2, -0.15) is 0 Å². The normalized spacial score (nSPS) is 11.2. The fourth-order valence-electron chi connectivity index (χ4n) is 2.86. The van der Waals surface area contributed by atoms with Gasteiger partial charge in [0.05, 0.1) is 6.61 Å².